The number of amides is 1. The van der Waals surface area contributed by atoms with Gasteiger partial charge in [-0.3, -0.25) is 10.1 Å². The minimum atomic E-state index is -0.218. The van der Waals surface area contributed by atoms with Crippen molar-refractivity contribution in [3.05, 3.63) is 0 Å². The first-order chi connectivity index (χ1) is 8.13. The van der Waals surface area contributed by atoms with Crippen molar-refractivity contribution in [2.45, 2.75) is 64.0 Å². The van der Waals surface area contributed by atoms with Crippen LogP contribution in [0, 0.1) is 0 Å². The fourth-order valence-electron chi connectivity index (χ4n) is 2.22. The minimum Gasteiger partial charge on any atom is -0.394 e. The highest BCUT2D eigenvalue weighted by Gasteiger charge is 2.38. The van der Waals surface area contributed by atoms with E-state index in [2.05, 4.69) is 17.6 Å². The highest BCUT2D eigenvalue weighted by Crippen LogP contribution is 2.31. The zero-order chi connectivity index (χ0) is 12.7. The number of rotatable bonds is 8. The van der Waals surface area contributed by atoms with E-state index in [4.69, 9.17) is 0 Å². The molecule has 1 saturated carbocycles. The van der Waals surface area contributed by atoms with E-state index in [-0.39, 0.29) is 24.1 Å². The predicted molar refractivity (Wildman–Crippen MR) is 68.8 cm³/mol. The average Bonchev–Trinajstić information content (AvgIpc) is 2.28. The molecule has 0 aromatic heterocycles. The first kappa shape index (κ1) is 14.5. The largest absolute Gasteiger partial charge is 0.394 e. The molecule has 1 aliphatic carbocycles. The lowest BCUT2D eigenvalue weighted by Crippen LogP contribution is -2.60. The first-order valence-electron chi connectivity index (χ1n) is 6.80. The van der Waals surface area contributed by atoms with Crippen molar-refractivity contribution in [2.24, 2.45) is 0 Å². The molecule has 4 heteroatoms. The third-order valence-corrected chi connectivity index (χ3v) is 3.61. The van der Waals surface area contributed by atoms with Crippen LogP contribution < -0.4 is 10.6 Å². The Kier molecular flexibility index (Phi) is 5.92. The standard InChI is InChI=1S/C13H26N2O2/c1-3-4-5-9-14-12(17)11(2)15-13(10-16)7-6-8-13/h11,15-16H,3-10H2,1-2H3,(H,14,17). The fourth-order valence-corrected chi connectivity index (χ4v) is 2.22. The molecule has 0 radical (unpaired) electrons. The van der Waals surface area contributed by atoms with Crippen LogP contribution in [0.4, 0.5) is 0 Å². The lowest BCUT2D eigenvalue weighted by atomic mass is 9.77. The van der Waals surface area contributed by atoms with Gasteiger partial charge < -0.3 is 10.4 Å². The summed E-state index contributed by atoms with van der Waals surface area (Å²) < 4.78 is 0. The van der Waals surface area contributed by atoms with Gasteiger partial charge in [-0.15, -0.1) is 0 Å². The van der Waals surface area contributed by atoms with E-state index >= 15 is 0 Å². The summed E-state index contributed by atoms with van der Waals surface area (Å²) in [5.74, 6) is 0.0424. The van der Waals surface area contributed by atoms with Gasteiger partial charge in [0.1, 0.15) is 0 Å². The highest BCUT2D eigenvalue weighted by atomic mass is 16.3. The molecule has 0 spiro atoms. The van der Waals surface area contributed by atoms with Gasteiger partial charge in [0, 0.05) is 12.1 Å². The van der Waals surface area contributed by atoms with Crippen LogP contribution in [0.5, 0.6) is 0 Å². The maximum atomic E-state index is 11.8. The monoisotopic (exact) mass is 242 g/mol. The topological polar surface area (TPSA) is 61.4 Å². The Morgan fingerprint density at radius 1 is 1.41 bits per heavy atom. The van der Waals surface area contributed by atoms with Crippen LogP contribution in [0.3, 0.4) is 0 Å². The molecule has 0 bridgehead atoms. The SMILES string of the molecule is CCCCCNC(=O)C(C)NC1(CO)CCC1. The van der Waals surface area contributed by atoms with Crippen LogP contribution in [0.25, 0.3) is 0 Å². The predicted octanol–water partition coefficient (Wildman–Crippen LogP) is 1.19. The summed E-state index contributed by atoms with van der Waals surface area (Å²) in [4.78, 5) is 11.8. The molecular formula is C13H26N2O2. The van der Waals surface area contributed by atoms with Gasteiger partial charge in [0.05, 0.1) is 12.6 Å². The van der Waals surface area contributed by atoms with Crippen LogP contribution in [-0.4, -0.2) is 35.7 Å². The van der Waals surface area contributed by atoms with Crippen LogP contribution >= 0.6 is 0 Å². The van der Waals surface area contributed by atoms with E-state index < -0.39 is 0 Å². The minimum absolute atomic E-state index is 0.0424. The second-order valence-electron chi connectivity index (χ2n) is 5.16. The van der Waals surface area contributed by atoms with Crippen molar-refractivity contribution in [3.63, 3.8) is 0 Å². The molecule has 4 nitrogen and oxygen atoms in total. The van der Waals surface area contributed by atoms with Crippen LogP contribution in [0.2, 0.25) is 0 Å². The van der Waals surface area contributed by atoms with Crippen molar-refractivity contribution < 1.29 is 9.90 Å². The first-order valence-corrected chi connectivity index (χ1v) is 6.80. The van der Waals surface area contributed by atoms with Gasteiger partial charge in [-0.2, -0.15) is 0 Å². The summed E-state index contributed by atoms with van der Waals surface area (Å²) in [6, 6.07) is -0.218. The van der Waals surface area contributed by atoms with Crippen LogP contribution in [-0.2, 0) is 4.79 Å². The second-order valence-corrected chi connectivity index (χ2v) is 5.16. The summed E-state index contributed by atoms with van der Waals surface area (Å²) >= 11 is 0. The van der Waals surface area contributed by atoms with Crippen molar-refractivity contribution >= 4 is 5.91 Å². The second kappa shape index (κ2) is 6.97. The van der Waals surface area contributed by atoms with Crippen LogP contribution in [0.15, 0.2) is 0 Å². The van der Waals surface area contributed by atoms with Crippen molar-refractivity contribution in [1.82, 2.24) is 10.6 Å². The summed E-state index contributed by atoms with van der Waals surface area (Å²) in [7, 11) is 0. The van der Waals surface area contributed by atoms with E-state index in [9.17, 15) is 9.90 Å². The Labute approximate surface area is 104 Å². The molecule has 3 N–H and O–H groups in total. The lowest BCUT2D eigenvalue weighted by Gasteiger charge is -2.42. The van der Waals surface area contributed by atoms with Gasteiger partial charge in [-0.05, 0) is 32.6 Å². The lowest BCUT2D eigenvalue weighted by molar-refractivity contribution is -0.123. The third-order valence-electron chi connectivity index (χ3n) is 3.61. The van der Waals surface area contributed by atoms with E-state index in [0.717, 1.165) is 45.1 Å². The van der Waals surface area contributed by atoms with E-state index in [1.54, 1.807) is 0 Å². The molecule has 1 fully saturated rings. The molecule has 1 atom stereocenters. The van der Waals surface area contributed by atoms with Gasteiger partial charge in [-0.25, -0.2) is 0 Å². The Morgan fingerprint density at radius 2 is 2.12 bits per heavy atom. The number of hydrogen-bond acceptors (Lipinski definition) is 3. The summed E-state index contributed by atoms with van der Waals surface area (Å²) in [5, 5.41) is 15.5. The van der Waals surface area contributed by atoms with Gasteiger partial charge in [0.25, 0.3) is 0 Å². The Balaban J connectivity index is 2.22. The number of nitrogens with one attached hydrogen (secondary N) is 2. The Morgan fingerprint density at radius 3 is 2.59 bits per heavy atom. The Hall–Kier alpha value is -0.610. The highest BCUT2D eigenvalue weighted by molar-refractivity contribution is 5.81. The van der Waals surface area contributed by atoms with Crippen LogP contribution in [0.1, 0.15) is 52.4 Å². The number of aliphatic hydroxyl groups excluding tert-OH is 1. The molecular weight excluding hydrogens is 216 g/mol. The molecule has 1 unspecified atom stereocenters. The molecule has 0 aromatic rings. The molecule has 100 valence electrons. The Bertz CT molecular complexity index is 234. The molecule has 0 aliphatic heterocycles. The molecule has 17 heavy (non-hydrogen) atoms. The number of carbonyl (C=O) groups excluding carboxylic acids is 1. The van der Waals surface area contributed by atoms with Gasteiger partial charge in [0.15, 0.2) is 0 Å². The molecule has 1 aliphatic rings. The van der Waals surface area contributed by atoms with Gasteiger partial charge >= 0.3 is 0 Å². The fraction of sp³-hybridized carbons (Fsp3) is 0.923. The van der Waals surface area contributed by atoms with Crippen molar-refractivity contribution in [1.29, 1.82) is 0 Å². The molecule has 0 saturated heterocycles. The van der Waals surface area contributed by atoms with Gasteiger partial charge in [-0.1, -0.05) is 19.8 Å². The number of carbonyl (C=O) groups is 1. The van der Waals surface area contributed by atoms with E-state index in [1.807, 2.05) is 6.92 Å². The zero-order valence-electron chi connectivity index (χ0n) is 11.1. The number of unbranched alkanes of at least 4 members (excludes halogenated alkanes) is 2. The molecule has 0 heterocycles. The third kappa shape index (κ3) is 4.28. The normalized spacial score (nSPS) is 19.5. The smallest absolute Gasteiger partial charge is 0.236 e. The maximum Gasteiger partial charge on any atom is 0.236 e. The molecule has 1 amide bonds. The average molecular weight is 242 g/mol. The van der Waals surface area contributed by atoms with Crippen molar-refractivity contribution in [3.8, 4) is 0 Å². The van der Waals surface area contributed by atoms with Gasteiger partial charge in [0.2, 0.25) is 5.91 Å². The summed E-state index contributed by atoms with van der Waals surface area (Å²) in [5.41, 5.74) is -0.194. The number of hydrogen-bond donors (Lipinski definition) is 3. The van der Waals surface area contributed by atoms with E-state index in [1.165, 1.54) is 0 Å². The van der Waals surface area contributed by atoms with E-state index in [0.29, 0.717) is 0 Å². The molecule has 1 rings (SSSR count). The summed E-state index contributed by atoms with van der Waals surface area (Å²) in [6.07, 6.45) is 6.44. The maximum absolute atomic E-state index is 11.8. The molecule has 0 aromatic carbocycles. The quantitative estimate of drug-likeness (QED) is 0.560. The van der Waals surface area contributed by atoms with Crippen molar-refractivity contribution in [2.75, 3.05) is 13.2 Å². The number of aliphatic hydroxyl groups is 1. The zero-order valence-corrected chi connectivity index (χ0v) is 11.1. The summed E-state index contributed by atoms with van der Waals surface area (Å²) in [6.45, 7) is 4.89.